The summed E-state index contributed by atoms with van der Waals surface area (Å²) >= 11 is 0. The van der Waals surface area contributed by atoms with Crippen LogP contribution in [-0.4, -0.2) is 50.0 Å². The maximum Gasteiger partial charge on any atom is 0.274 e. The molecule has 30 heavy (non-hydrogen) atoms. The normalized spacial score (nSPS) is 17.7. The van der Waals surface area contributed by atoms with Crippen LogP contribution >= 0.6 is 0 Å². The third-order valence-corrected chi connectivity index (χ3v) is 7.35. The third-order valence-electron chi connectivity index (χ3n) is 6.04. The average molecular weight is 429 g/mol. The number of anilines is 2. The molecule has 0 bridgehead atoms. The Morgan fingerprint density at radius 1 is 1.20 bits per heavy atom. The molecule has 2 aliphatic rings. The molecule has 4 heterocycles. The molecular formula is C21H24N4O4S. The molecule has 2 fully saturated rings. The summed E-state index contributed by atoms with van der Waals surface area (Å²) in [6.45, 7) is 4.99. The quantitative estimate of drug-likeness (QED) is 0.649. The summed E-state index contributed by atoms with van der Waals surface area (Å²) in [6.07, 6.45) is 3.57. The van der Waals surface area contributed by atoms with Gasteiger partial charge in [0.05, 0.1) is 24.4 Å². The van der Waals surface area contributed by atoms with Crippen LogP contribution in [0.1, 0.15) is 6.92 Å². The van der Waals surface area contributed by atoms with E-state index in [-0.39, 0.29) is 16.7 Å². The molecule has 2 aliphatic heterocycles. The first kappa shape index (κ1) is 19.2. The minimum atomic E-state index is -3.40. The number of sulfonamides is 1. The number of ether oxygens (including phenoxy) is 1. The maximum absolute atomic E-state index is 12.5. The largest absolute Gasteiger partial charge is 0.380 e. The lowest BCUT2D eigenvalue weighted by atomic mass is 9.77. The van der Waals surface area contributed by atoms with Crippen molar-refractivity contribution in [1.82, 2.24) is 9.55 Å². The van der Waals surface area contributed by atoms with Gasteiger partial charge in [-0.1, -0.05) is 0 Å². The van der Waals surface area contributed by atoms with E-state index < -0.39 is 10.0 Å². The number of nitrogens with one attached hydrogen (secondary N) is 2. The average Bonchev–Trinajstić information content (AvgIpc) is 3.13. The van der Waals surface area contributed by atoms with E-state index in [1.807, 2.05) is 24.4 Å². The highest BCUT2D eigenvalue weighted by molar-refractivity contribution is 7.92. The lowest BCUT2D eigenvalue weighted by molar-refractivity contribution is -0.127. The topological polar surface area (TPSA) is 96.4 Å². The molecule has 0 amide bonds. The second-order valence-electron chi connectivity index (χ2n) is 8.31. The van der Waals surface area contributed by atoms with Crippen molar-refractivity contribution in [3.05, 3.63) is 47.0 Å². The summed E-state index contributed by atoms with van der Waals surface area (Å²) in [5.74, 6) is 0.000620. The van der Waals surface area contributed by atoms with E-state index in [0.717, 1.165) is 48.5 Å². The molecule has 9 heteroatoms. The van der Waals surface area contributed by atoms with Gasteiger partial charge in [-0.25, -0.2) is 8.42 Å². The van der Waals surface area contributed by atoms with Crippen LogP contribution in [-0.2, 0) is 21.8 Å². The Morgan fingerprint density at radius 3 is 2.63 bits per heavy atom. The van der Waals surface area contributed by atoms with Gasteiger partial charge >= 0.3 is 0 Å². The summed E-state index contributed by atoms with van der Waals surface area (Å²) in [7, 11) is -1.68. The maximum atomic E-state index is 12.5. The van der Waals surface area contributed by atoms with Crippen LogP contribution in [0.5, 0.6) is 0 Å². The smallest absolute Gasteiger partial charge is 0.274 e. The van der Waals surface area contributed by atoms with Gasteiger partial charge in [0, 0.05) is 60.4 Å². The van der Waals surface area contributed by atoms with Crippen molar-refractivity contribution in [2.75, 3.05) is 41.7 Å². The van der Waals surface area contributed by atoms with Crippen molar-refractivity contribution in [3.8, 4) is 11.1 Å². The van der Waals surface area contributed by atoms with Gasteiger partial charge in [0.25, 0.3) is 5.56 Å². The molecule has 1 aromatic carbocycles. The van der Waals surface area contributed by atoms with E-state index in [4.69, 9.17) is 4.74 Å². The molecule has 2 aromatic heterocycles. The molecule has 0 saturated carbocycles. The minimum absolute atomic E-state index is 0.000620. The zero-order chi connectivity index (χ0) is 21.1. The Hall–Kier alpha value is -2.78. The number of fused-ring (bicyclic) bond motifs is 1. The first-order valence-corrected chi connectivity index (χ1v) is 11.6. The molecule has 0 unspecified atom stereocenters. The molecule has 2 saturated heterocycles. The van der Waals surface area contributed by atoms with Crippen LogP contribution in [0.25, 0.3) is 22.0 Å². The van der Waals surface area contributed by atoms with Crippen molar-refractivity contribution in [2.45, 2.75) is 6.92 Å². The van der Waals surface area contributed by atoms with Gasteiger partial charge in [-0.15, -0.1) is 0 Å². The zero-order valence-corrected chi connectivity index (χ0v) is 17.8. The van der Waals surface area contributed by atoms with E-state index in [1.54, 1.807) is 30.8 Å². The number of benzene rings is 1. The van der Waals surface area contributed by atoms with Gasteiger partial charge in [-0.05, 0) is 31.2 Å². The Labute approximate surface area is 174 Å². The molecular weight excluding hydrogens is 404 g/mol. The Morgan fingerprint density at radius 2 is 1.97 bits per heavy atom. The Bertz CT molecular complexity index is 1300. The number of aryl methyl sites for hydroxylation is 1. The zero-order valence-electron chi connectivity index (χ0n) is 16.9. The van der Waals surface area contributed by atoms with Gasteiger partial charge in [0.2, 0.25) is 10.0 Å². The summed E-state index contributed by atoms with van der Waals surface area (Å²) in [5, 5.41) is 0.817. The monoisotopic (exact) mass is 428 g/mol. The van der Waals surface area contributed by atoms with E-state index in [1.165, 1.54) is 0 Å². The lowest BCUT2D eigenvalue weighted by Gasteiger charge is -2.56. The third kappa shape index (κ3) is 3.00. The number of aromatic amines is 1. The second-order valence-corrected chi connectivity index (χ2v) is 10.3. The van der Waals surface area contributed by atoms with Crippen LogP contribution in [0, 0.1) is 5.41 Å². The van der Waals surface area contributed by atoms with Crippen molar-refractivity contribution in [1.29, 1.82) is 0 Å². The second kappa shape index (κ2) is 6.61. The predicted octanol–water partition coefficient (Wildman–Crippen LogP) is 2.13. The first-order valence-electron chi connectivity index (χ1n) is 9.95. The number of H-pyrrole nitrogens is 1. The molecule has 3 aromatic rings. The van der Waals surface area contributed by atoms with E-state index in [9.17, 15) is 13.2 Å². The summed E-state index contributed by atoms with van der Waals surface area (Å²) in [6, 6.07) is 7.50. The lowest BCUT2D eigenvalue weighted by Crippen LogP contribution is -2.66. The summed E-state index contributed by atoms with van der Waals surface area (Å²) in [4.78, 5) is 17.8. The molecule has 0 atom stereocenters. The molecule has 8 nitrogen and oxygen atoms in total. The van der Waals surface area contributed by atoms with Crippen molar-refractivity contribution in [3.63, 3.8) is 0 Å². The van der Waals surface area contributed by atoms with Crippen molar-refractivity contribution in [2.24, 2.45) is 12.5 Å². The van der Waals surface area contributed by atoms with Gasteiger partial charge in [0.15, 0.2) is 0 Å². The number of nitrogens with zero attached hydrogens (tertiary/aromatic N) is 2. The summed E-state index contributed by atoms with van der Waals surface area (Å²) in [5.41, 5.74) is 3.98. The van der Waals surface area contributed by atoms with Gasteiger partial charge in [-0.3, -0.25) is 9.52 Å². The van der Waals surface area contributed by atoms with Crippen molar-refractivity contribution >= 4 is 32.3 Å². The molecule has 0 aliphatic carbocycles. The first-order chi connectivity index (χ1) is 14.3. The fraction of sp³-hybridized carbons (Fsp3) is 0.381. The van der Waals surface area contributed by atoms with E-state index in [2.05, 4.69) is 14.6 Å². The fourth-order valence-electron chi connectivity index (χ4n) is 4.33. The van der Waals surface area contributed by atoms with E-state index >= 15 is 0 Å². The van der Waals surface area contributed by atoms with Gasteiger partial charge < -0.3 is 19.2 Å². The Balaban J connectivity index is 1.65. The highest BCUT2D eigenvalue weighted by Crippen LogP contribution is 2.45. The standard InChI is InChI=1S/C21H24N4O4S/c1-3-30(27,28)23-14-4-5-18(25-10-21(11-25)12-29-13-21)16(8-14)17-9-24(2)20(26)19-15(17)6-7-22-19/h4-9,22-23H,3,10-13H2,1-2H3. The molecule has 158 valence electrons. The fourth-order valence-corrected chi connectivity index (χ4v) is 4.96. The van der Waals surface area contributed by atoms with E-state index in [0.29, 0.717) is 11.2 Å². The number of hydrogen-bond acceptors (Lipinski definition) is 5. The van der Waals surface area contributed by atoms with Crippen LogP contribution in [0.15, 0.2) is 41.5 Å². The van der Waals surface area contributed by atoms with Crippen LogP contribution < -0.4 is 15.2 Å². The highest BCUT2D eigenvalue weighted by atomic mass is 32.2. The molecule has 5 rings (SSSR count). The number of hydrogen-bond donors (Lipinski definition) is 2. The molecule has 1 spiro atoms. The SMILES string of the molecule is CCS(=O)(=O)Nc1ccc(N2CC3(COC3)C2)c(-c2cn(C)c(=O)c3[nH]ccc23)c1. The highest BCUT2D eigenvalue weighted by Gasteiger charge is 2.49. The van der Waals surface area contributed by atoms with Gasteiger partial charge in [-0.2, -0.15) is 0 Å². The van der Waals surface area contributed by atoms with Crippen molar-refractivity contribution < 1.29 is 13.2 Å². The van der Waals surface area contributed by atoms with Crippen LogP contribution in [0.4, 0.5) is 11.4 Å². The predicted molar refractivity (Wildman–Crippen MR) is 118 cm³/mol. The van der Waals surface area contributed by atoms with Crippen LogP contribution in [0.3, 0.4) is 0 Å². The minimum Gasteiger partial charge on any atom is -0.380 e. The molecule has 2 N–H and O–H groups in total. The Kier molecular flexibility index (Phi) is 4.23. The van der Waals surface area contributed by atoms with Crippen LogP contribution in [0.2, 0.25) is 0 Å². The number of rotatable bonds is 5. The molecule has 0 radical (unpaired) electrons. The van der Waals surface area contributed by atoms with Gasteiger partial charge in [0.1, 0.15) is 5.52 Å². The summed E-state index contributed by atoms with van der Waals surface area (Å²) < 4.78 is 33.8. The number of aromatic nitrogens is 2. The number of pyridine rings is 1.